The van der Waals surface area contributed by atoms with E-state index in [0.29, 0.717) is 46.7 Å². The van der Waals surface area contributed by atoms with Crippen LogP contribution in [0.15, 0.2) is 136 Å². The van der Waals surface area contributed by atoms with E-state index < -0.39 is 93.7 Å². The predicted molar refractivity (Wildman–Crippen MR) is 465 cm³/mol. The maximum atomic E-state index is 12.0. The number of esters is 1. The second kappa shape index (κ2) is 63.7. The molecule has 0 radical (unpaired) electrons. The molecule has 2 aromatic heterocycles. The predicted octanol–water partition coefficient (Wildman–Crippen LogP) is 7.94. The fourth-order valence-electron chi connectivity index (χ4n) is 8.78. The summed E-state index contributed by atoms with van der Waals surface area (Å²) in [5, 5.41) is 105. The van der Waals surface area contributed by atoms with Gasteiger partial charge in [0.15, 0.2) is 11.5 Å². The van der Waals surface area contributed by atoms with Gasteiger partial charge in [-0.25, -0.2) is 30.4 Å². The number of nitrogen functional groups attached to an aromatic ring is 2. The van der Waals surface area contributed by atoms with Gasteiger partial charge in [0.2, 0.25) is 46.3 Å². The van der Waals surface area contributed by atoms with Crippen LogP contribution in [0.1, 0.15) is 119 Å². The van der Waals surface area contributed by atoms with Crippen molar-refractivity contribution in [3.05, 3.63) is 228 Å². The number of carboxylic acid groups (broad SMARTS) is 2. The van der Waals surface area contributed by atoms with Crippen molar-refractivity contribution in [1.82, 2.24) is 36.7 Å². The number of para-hydroxylation sites is 7. The van der Waals surface area contributed by atoms with Crippen molar-refractivity contribution < 1.29 is 194 Å². The fourth-order valence-corrected chi connectivity index (χ4v) is 8.78. The Labute approximate surface area is 799 Å². The molecule has 0 aliphatic rings. The minimum atomic E-state index is -1.40. The number of carboxylic acids is 2. The number of halogens is 1. The van der Waals surface area contributed by atoms with Crippen LogP contribution in [0.3, 0.4) is 0 Å². The first-order valence-electron chi connectivity index (χ1n) is 35.4. The summed E-state index contributed by atoms with van der Waals surface area (Å²) in [7, 11) is 12.2. The first kappa shape index (κ1) is 126. The van der Waals surface area contributed by atoms with Gasteiger partial charge in [0.25, 0.3) is 30.1 Å². The first-order chi connectivity index (χ1) is 60.5. The molecular formula is C76H97IN17NaO36Zn. The van der Waals surface area contributed by atoms with E-state index in [1.807, 2.05) is 57.1 Å². The van der Waals surface area contributed by atoms with Gasteiger partial charge in [0.05, 0.1) is 107 Å². The molecular weight excluding hydrogens is 1940 g/mol. The number of hydrazine groups is 3. The van der Waals surface area contributed by atoms with Crippen LogP contribution in [0, 0.1) is 74.5 Å². The number of anilines is 1. The van der Waals surface area contributed by atoms with E-state index in [1.54, 1.807) is 68.1 Å². The van der Waals surface area contributed by atoms with Gasteiger partial charge < -0.3 is 87.5 Å². The van der Waals surface area contributed by atoms with Crippen LogP contribution >= 0.6 is 22.6 Å². The Balaban J connectivity index is -0.000000461. The zero-order valence-corrected chi connectivity index (χ0v) is 82.0. The number of methoxy groups -OCH3 is 9. The molecule has 2 heterocycles. The zero-order chi connectivity index (χ0) is 99.6. The van der Waals surface area contributed by atoms with E-state index in [1.165, 1.54) is 134 Å². The molecule has 0 saturated heterocycles. The molecule has 0 aliphatic heterocycles. The van der Waals surface area contributed by atoms with Crippen molar-refractivity contribution in [2.75, 3.05) is 74.7 Å². The Morgan fingerprint density at radius 2 is 0.750 bits per heavy atom. The largest absolute Gasteiger partial charge is 1.00 e. The van der Waals surface area contributed by atoms with Crippen LogP contribution in [0.5, 0.6) is 40.2 Å². The van der Waals surface area contributed by atoms with Gasteiger partial charge in [-0.1, -0.05) is 65.1 Å². The number of carbonyl (C=O) groups excluding carboxylic acids is 5. The number of aromatic nitrogens is 4. The fraction of sp³-hybridized carbons (Fsp3) is 0.303. The molecule has 0 aliphatic carbocycles. The number of carbonyl (C=O) groups is 7. The van der Waals surface area contributed by atoms with Crippen molar-refractivity contribution in [2.45, 2.75) is 86.2 Å². The number of aromatic hydroxyl groups is 1. The molecule has 132 heavy (non-hydrogen) atoms. The molecule has 53 nitrogen and oxygen atoms in total. The summed E-state index contributed by atoms with van der Waals surface area (Å²) in [5.41, 5.74) is 9.68. The summed E-state index contributed by atoms with van der Waals surface area (Å²) in [4.78, 5) is 138. The van der Waals surface area contributed by atoms with Crippen LogP contribution in [0.4, 0.5) is 44.6 Å². The van der Waals surface area contributed by atoms with E-state index in [0.717, 1.165) is 12.1 Å². The van der Waals surface area contributed by atoms with Crippen LogP contribution in [0.25, 0.3) is 22.9 Å². The number of hydrogen-bond donors (Lipinski definition) is 10. The summed E-state index contributed by atoms with van der Waals surface area (Å²) >= 11 is 2.15. The smallest absolute Gasteiger partial charge is 0.870 e. The molecule has 0 spiro atoms. The third-order valence-corrected chi connectivity index (χ3v) is 14.5. The number of aromatic carboxylic acids is 2. The Hall–Kier alpha value is -14.2. The van der Waals surface area contributed by atoms with Crippen LogP contribution in [0.2, 0.25) is 0 Å². The molecule has 7 aromatic carbocycles. The van der Waals surface area contributed by atoms with E-state index in [9.17, 15) is 94.2 Å². The third kappa shape index (κ3) is 42.4. The van der Waals surface area contributed by atoms with Gasteiger partial charge in [0, 0.05) is 83.9 Å². The quantitative estimate of drug-likeness (QED) is 0.00250. The van der Waals surface area contributed by atoms with Gasteiger partial charge in [0.1, 0.15) is 27.9 Å². The number of hydrogen-bond acceptors (Lipinski definition) is 42. The van der Waals surface area contributed by atoms with Crippen molar-refractivity contribution in [3.8, 4) is 63.2 Å². The summed E-state index contributed by atoms with van der Waals surface area (Å²) in [5.74, 6) is 8.49. The van der Waals surface area contributed by atoms with E-state index in [-0.39, 0.29) is 145 Å². The Morgan fingerprint density at radius 3 is 1.04 bits per heavy atom. The number of phenols is 1. The molecule has 0 saturated carbocycles. The number of nitrogens with two attached hydrogens (primary N) is 4. The number of aryl methyl sites for hydroxylation is 2. The molecule has 0 unspecified atom stereocenters. The Bertz CT molecular complexity index is 5120. The molecule has 9 aromatic rings. The molecule has 0 fully saturated rings. The second-order valence-electron chi connectivity index (χ2n) is 25.5. The van der Waals surface area contributed by atoms with Crippen LogP contribution in [-0.2, 0) is 48.0 Å². The maximum Gasteiger partial charge on any atom is 1.00 e. The average molecular weight is 2040 g/mol. The zero-order valence-electron chi connectivity index (χ0n) is 74.9. The van der Waals surface area contributed by atoms with Crippen molar-refractivity contribution in [3.63, 3.8) is 0 Å². The van der Waals surface area contributed by atoms with Crippen molar-refractivity contribution in [1.29, 1.82) is 0 Å². The molecule has 712 valence electrons. The minimum absolute atomic E-state index is 0. The number of nitrogens with one attached hydrogen (secondary N) is 3. The van der Waals surface area contributed by atoms with E-state index in [4.69, 9.17) is 73.6 Å². The molecule has 15 N–H and O–H groups in total. The van der Waals surface area contributed by atoms with Gasteiger partial charge in [-0.15, -0.1) is 20.4 Å². The molecule has 56 heteroatoms. The number of alkyl halides is 1. The van der Waals surface area contributed by atoms with Crippen LogP contribution in [-0.4, -0.2) is 199 Å². The van der Waals surface area contributed by atoms with E-state index in [2.05, 4.69) is 79.7 Å². The number of nitro benzene ring substituents is 6. The molecule has 0 bridgehead atoms. The van der Waals surface area contributed by atoms with Gasteiger partial charge in [-0.2, -0.15) is 0 Å². The minimum Gasteiger partial charge on any atom is -0.870 e. The number of nitro groups is 6. The van der Waals surface area contributed by atoms with Crippen molar-refractivity contribution in [2.24, 2.45) is 17.5 Å². The van der Waals surface area contributed by atoms with Gasteiger partial charge in [-0.05, 0) is 109 Å². The Morgan fingerprint density at radius 1 is 0.447 bits per heavy atom. The molecule has 0 atom stereocenters. The topological polar surface area (TPSA) is 789 Å². The molecule has 3 amide bonds. The summed E-state index contributed by atoms with van der Waals surface area (Å²) in [6, 6.07) is 28.9. The van der Waals surface area contributed by atoms with Gasteiger partial charge in [-0.3, -0.25) is 97.6 Å². The van der Waals surface area contributed by atoms with Crippen molar-refractivity contribution >= 4 is 105 Å². The summed E-state index contributed by atoms with van der Waals surface area (Å²) in [6.07, 6.45) is -0.856. The first-order valence-corrected chi connectivity index (χ1v) is 37.5. The number of rotatable bonds is 22. The standard InChI is InChI=1S/C13H17N3O6.C10H9N3O4.C10H11N3O2.C9H9NO5.C8H9N3O4.C8H7NO5.C7H5NO5.C5H12O2.C5H10O2.CH3I.H4N2.Na.H2O.Zn/c1-13(2,3)22-12(18)15-14-11(17)8-6-5-7-9(16(19)20)10(8)21-4;1-6-11-12-10(17-6)7-4-3-5-8(13(14)15)9(7)16-2;1-6-12-13-10(15-6)7-4-3-5-8(11)9(7)14-2;1-14-8-6(9(11)15-2)4-3-5-7(8)10(12)13;1-15-7-5(8(12)10-9)3-2-4-6(7)11(13)14;1-14-7-5(8(10)11)3-2-4-6(7)9(12)13;9-6-4(7(10)11)2-1-3-5(6)8(12)13;1-5(2,6-3)7-4;1-5(2,3)7-4-6;2*1-2;;;/h5-7H,1-4H3,(H,14,17)(H,15,18);3-5H,1-2H3;3-5H,11H2,1-2H3;3-5H,1-2H3;2-4H,9H2,1H3,(H,10,12);2-4H,1H3,(H,10,11);1-3,9H,(H,10,11);1-4H3;4H,1-3H3;1H3;1-2H2;;1H2;/q;;;;;;;;;;;+1;;/p-1. The average Bonchev–Trinajstić information content (AvgIpc) is 1.68. The van der Waals surface area contributed by atoms with Crippen LogP contribution < -0.4 is 97.5 Å². The third-order valence-electron chi connectivity index (χ3n) is 14.5. The Kier molecular flexibility index (Phi) is 61.0. The second-order valence-corrected chi connectivity index (χ2v) is 25.5. The monoisotopic (exact) mass is 2040 g/mol. The number of nitrogens with zero attached hydrogens (tertiary/aromatic N) is 10. The summed E-state index contributed by atoms with van der Waals surface area (Å²) in [6.45, 7) is 18.0. The summed E-state index contributed by atoms with van der Waals surface area (Å²) < 4.78 is 63.6. The number of ether oxygens (including phenoxy) is 11. The van der Waals surface area contributed by atoms with Gasteiger partial charge >= 0.3 is 87.7 Å². The normalized spacial score (nSPS) is 9.64. The number of benzene rings is 7. The van der Waals surface area contributed by atoms with E-state index >= 15 is 0 Å². The molecule has 9 rings (SSSR count). The maximum absolute atomic E-state index is 12.0. The SMILES string of the molecule is CC(C)(C)OC=O.CI.COC(=O)c1cccc([N+](=O)[O-])c1OC.COC(C)(C)OC.COc1c(-c2nnc(C)o2)cccc1[N+](=O)[O-].COc1c(C(=O)NN)cccc1[N+](=O)[O-].COc1c(C(=O)NNC(=O)OC(C)(C)C)cccc1[N+](=O)[O-].COc1c(C(=O)O)cccc1[N+](=O)[O-].COc1c(N)cccc1-c1nnc(C)o1.NN.O=C(O)c1cccc([N+](=O)[O-])c1O.[Na+].[OH-].[Zn]. The number of amides is 3.